The van der Waals surface area contributed by atoms with Gasteiger partial charge in [0.25, 0.3) is 0 Å². The first-order valence-electron chi connectivity index (χ1n) is 6.73. The van der Waals surface area contributed by atoms with Gasteiger partial charge in [0, 0.05) is 29.4 Å². The van der Waals surface area contributed by atoms with E-state index < -0.39 is 0 Å². The first kappa shape index (κ1) is 15.0. The van der Waals surface area contributed by atoms with Crippen LogP contribution in [0, 0.1) is 6.92 Å². The first-order chi connectivity index (χ1) is 9.44. The maximum Gasteiger partial charge on any atom is 0.192 e. The van der Waals surface area contributed by atoms with Gasteiger partial charge in [0.05, 0.1) is 0 Å². The Bertz CT molecular complexity index is 562. The van der Waals surface area contributed by atoms with Crippen LogP contribution in [-0.4, -0.2) is 15.5 Å². The van der Waals surface area contributed by atoms with Gasteiger partial charge >= 0.3 is 0 Å². The van der Waals surface area contributed by atoms with Crippen molar-refractivity contribution in [1.82, 2.24) is 15.3 Å². The molecule has 20 heavy (non-hydrogen) atoms. The Hall–Kier alpha value is -1.39. The number of nitrogens with one attached hydrogen (secondary N) is 1. The van der Waals surface area contributed by atoms with E-state index in [-0.39, 0.29) is 5.54 Å². The molecule has 2 aromatic rings. The molecule has 0 fully saturated rings. The highest BCUT2D eigenvalue weighted by atomic mass is 32.2. The third kappa shape index (κ3) is 4.62. The zero-order valence-corrected chi connectivity index (χ0v) is 13.3. The molecule has 3 nitrogen and oxygen atoms in total. The van der Waals surface area contributed by atoms with Crippen LogP contribution in [0.5, 0.6) is 0 Å². The molecule has 1 N–H and O–H groups in total. The molecular weight excluding hydrogens is 266 g/mol. The number of aromatic nitrogens is 2. The molecule has 1 aromatic carbocycles. The van der Waals surface area contributed by atoms with E-state index in [9.17, 15) is 0 Å². The molecule has 0 spiro atoms. The third-order valence-corrected chi connectivity index (χ3v) is 3.78. The number of hydrogen-bond donors (Lipinski definition) is 1. The Balaban J connectivity index is 2.19. The number of hydrogen-bond acceptors (Lipinski definition) is 4. The van der Waals surface area contributed by atoms with Gasteiger partial charge in [0.2, 0.25) is 0 Å². The quantitative estimate of drug-likeness (QED) is 0.867. The SMILES string of the molecule is Cc1ccc(Sc2ncccn2)c(CNC(C)(C)C)c1. The molecule has 0 unspecified atom stereocenters. The first-order valence-corrected chi connectivity index (χ1v) is 7.55. The van der Waals surface area contributed by atoms with Crippen LogP contribution in [0.3, 0.4) is 0 Å². The van der Waals surface area contributed by atoms with Crippen LogP contribution < -0.4 is 5.32 Å². The van der Waals surface area contributed by atoms with Crippen molar-refractivity contribution in [3.05, 3.63) is 47.8 Å². The second-order valence-electron chi connectivity index (χ2n) is 5.85. The van der Waals surface area contributed by atoms with E-state index in [1.165, 1.54) is 16.0 Å². The van der Waals surface area contributed by atoms with Crippen LogP contribution in [0.25, 0.3) is 0 Å². The Morgan fingerprint density at radius 3 is 2.50 bits per heavy atom. The van der Waals surface area contributed by atoms with Gasteiger partial charge in [-0.1, -0.05) is 17.7 Å². The number of rotatable bonds is 4. The van der Waals surface area contributed by atoms with Crippen LogP contribution in [0.2, 0.25) is 0 Å². The van der Waals surface area contributed by atoms with Gasteiger partial charge in [0.15, 0.2) is 5.16 Å². The van der Waals surface area contributed by atoms with Crippen LogP contribution >= 0.6 is 11.8 Å². The molecule has 0 atom stereocenters. The average molecular weight is 287 g/mol. The van der Waals surface area contributed by atoms with Gasteiger partial charge in [-0.3, -0.25) is 0 Å². The van der Waals surface area contributed by atoms with Crippen LogP contribution in [0.1, 0.15) is 31.9 Å². The van der Waals surface area contributed by atoms with Crippen molar-refractivity contribution in [3.8, 4) is 0 Å². The summed E-state index contributed by atoms with van der Waals surface area (Å²) >= 11 is 1.61. The Labute approximate surface area is 125 Å². The zero-order chi connectivity index (χ0) is 14.6. The maximum atomic E-state index is 4.28. The average Bonchev–Trinajstić information content (AvgIpc) is 2.39. The molecule has 1 aromatic heterocycles. The largest absolute Gasteiger partial charge is 0.308 e. The van der Waals surface area contributed by atoms with Gasteiger partial charge in [-0.2, -0.15) is 0 Å². The smallest absolute Gasteiger partial charge is 0.192 e. The summed E-state index contributed by atoms with van der Waals surface area (Å²) in [6.07, 6.45) is 3.55. The lowest BCUT2D eigenvalue weighted by Gasteiger charge is -2.21. The van der Waals surface area contributed by atoms with Gasteiger partial charge in [0.1, 0.15) is 0 Å². The summed E-state index contributed by atoms with van der Waals surface area (Å²) in [6, 6.07) is 8.34. The minimum atomic E-state index is 0.106. The molecule has 0 saturated carbocycles. The van der Waals surface area contributed by atoms with Crippen molar-refractivity contribution in [2.75, 3.05) is 0 Å². The van der Waals surface area contributed by atoms with Crippen molar-refractivity contribution < 1.29 is 0 Å². The fourth-order valence-electron chi connectivity index (χ4n) is 1.74. The lowest BCUT2D eigenvalue weighted by molar-refractivity contribution is 0.422. The van der Waals surface area contributed by atoms with Crippen molar-refractivity contribution in [3.63, 3.8) is 0 Å². The Morgan fingerprint density at radius 2 is 1.85 bits per heavy atom. The normalized spacial score (nSPS) is 11.6. The highest BCUT2D eigenvalue weighted by Crippen LogP contribution is 2.28. The molecule has 4 heteroatoms. The number of benzene rings is 1. The molecular formula is C16H21N3S. The molecule has 0 amide bonds. The highest BCUT2D eigenvalue weighted by Gasteiger charge is 2.12. The predicted molar refractivity (Wildman–Crippen MR) is 83.9 cm³/mol. The second kappa shape index (κ2) is 6.37. The number of aryl methyl sites for hydroxylation is 1. The van der Waals surface area contributed by atoms with Crippen molar-refractivity contribution in [2.45, 2.75) is 49.8 Å². The van der Waals surface area contributed by atoms with E-state index in [1.807, 2.05) is 6.07 Å². The summed E-state index contributed by atoms with van der Waals surface area (Å²) in [5.41, 5.74) is 2.67. The molecule has 106 valence electrons. The van der Waals surface area contributed by atoms with Crippen LogP contribution in [-0.2, 0) is 6.54 Å². The molecule has 0 aliphatic rings. The lowest BCUT2D eigenvalue weighted by Crippen LogP contribution is -2.35. The summed E-state index contributed by atoms with van der Waals surface area (Å²) in [6.45, 7) is 9.50. The zero-order valence-electron chi connectivity index (χ0n) is 12.5. The van der Waals surface area contributed by atoms with E-state index in [4.69, 9.17) is 0 Å². The molecule has 1 heterocycles. The minimum absolute atomic E-state index is 0.106. The monoisotopic (exact) mass is 287 g/mol. The Morgan fingerprint density at radius 1 is 1.15 bits per heavy atom. The van der Waals surface area contributed by atoms with Crippen LogP contribution in [0.4, 0.5) is 0 Å². The van der Waals surface area contributed by atoms with Crippen molar-refractivity contribution in [2.24, 2.45) is 0 Å². The van der Waals surface area contributed by atoms with Gasteiger partial charge in [-0.05, 0) is 57.2 Å². The number of nitrogens with zero attached hydrogens (tertiary/aromatic N) is 2. The van der Waals surface area contributed by atoms with E-state index in [0.717, 1.165) is 11.7 Å². The molecule has 0 aliphatic heterocycles. The summed E-state index contributed by atoms with van der Waals surface area (Å²) in [4.78, 5) is 9.76. The van der Waals surface area contributed by atoms with Gasteiger partial charge < -0.3 is 5.32 Å². The van der Waals surface area contributed by atoms with E-state index in [2.05, 4.69) is 61.2 Å². The second-order valence-corrected chi connectivity index (χ2v) is 6.86. The third-order valence-electron chi connectivity index (χ3n) is 2.77. The summed E-state index contributed by atoms with van der Waals surface area (Å²) in [7, 11) is 0. The van der Waals surface area contributed by atoms with E-state index in [1.54, 1.807) is 24.2 Å². The Kier molecular flexibility index (Phi) is 4.78. The van der Waals surface area contributed by atoms with Gasteiger partial charge in [-0.25, -0.2) is 9.97 Å². The fraction of sp³-hybridized carbons (Fsp3) is 0.375. The fourth-order valence-corrected chi connectivity index (χ4v) is 2.56. The molecule has 2 rings (SSSR count). The summed E-state index contributed by atoms with van der Waals surface area (Å²) in [5, 5.41) is 4.32. The molecule has 0 saturated heterocycles. The van der Waals surface area contributed by atoms with Crippen molar-refractivity contribution in [1.29, 1.82) is 0 Å². The maximum absolute atomic E-state index is 4.28. The summed E-state index contributed by atoms with van der Waals surface area (Å²) < 4.78 is 0. The van der Waals surface area contributed by atoms with Crippen molar-refractivity contribution >= 4 is 11.8 Å². The van der Waals surface area contributed by atoms with E-state index in [0.29, 0.717) is 0 Å². The molecule has 0 radical (unpaired) electrons. The summed E-state index contributed by atoms with van der Waals surface area (Å²) in [5.74, 6) is 0. The minimum Gasteiger partial charge on any atom is -0.308 e. The highest BCUT2D eigenvalue weighted by molar-refractivity contribution is 7.99. The van der Waals surface area contributed by atoms with E-state index >= 15 is 0 Å². The topological polar surface area (TPSA) is 37.8 Å². The molecule has 0 aliphatic carbocycles. The standard InChI is InChI=1S/C16H21N3S/c1-12-6-7-14(20-15-17-8-5-9-18-15)13(10-12)11-19-16(2,3)4/h5-10,19H,11H2,1-4H3. The molecule has 0 bridgehead atoms. The van der Waals surface area contributed by atoms with Gasteiger partial charge in [-0.15, -0.1) is 0 Å². The predicted octanol–water partition coefficient (Wildman–Crippen LogP) is 3.82. The lowest BCUT2D eigenvalue weighted by atomic mass is 10.1. The van der Waals surface area contributed by atoms with Crippen LogP contribution in [0.15, 0.2) is 46.7 Å².